The van der Waals surface area contributed by atoms with Crippen molar-refractivity contribution in [2.45, 2.75) is 25.4 Å². The molecule has 2 aromatic rings. The SMILES string of the molecule is COC(=O)C1CCCN1Cc1cc(=O)oc2cc(OC)ccc12. The molecule has 0 N–H and O–H groups in total. The third-order valence-electron chi connectivity index (χ3n) is 4.25. The Hall–Kier alpha value is -2.34. The van der Waals surface area contributed by atoms with E-state index in [2.05, 4.69) is 0 Å². The van der Waals surface area contributed by atoms with Gasteiger partial charge in [-0.3, -0.25) is 9.69 Å². The zero-order valence-electron chi connectivity index (χ0n) is 13.2. The molecule has 1 saturated heterocycles. The summed E-state index contributed by atoms with van der Waals surface area (Å²) in [5.41, 5.74) is 0.921. The van der Waals surface area contributed by atoms with Crippen LogP contribution in [0.3, 0.4) is 0 Å². The van der Waals surface area contributed by atoms with Gasteiger partial charge >= 0.3 is 11.6 Å². The van der Waals surface area contributed by atoms with E-state index in [0.717, 1.165) is 30.3 Å². The van der Waals surface area contributed by atoms with Crippen LogP contribution in [0.5, 0.6) is 5.75 Å². The minimum atomic E-state index is -0.408. The van der Waals surface area contributed by atoms with Crippen LogP contribution in [-0.2, 0) is 16.1 Å². The van der Waals surface area contributed by atoms with Gasteiger partial charge in [-0.1, -0.05) is 0 Å². The van der Waals surface area contributed by atoms with Gasteiger partial charge in [0.2, 0.25) is 0 Å². The van der Waals surface area contributed by atoms with E-state index in [1.165, 1.54) is 13.2 Å². The molecule has 2 heterocycles. The molecule has 0 aliphatic carbocycles. The second kappa shape index (κ2) is 6.42. The minimum Gasteiger partial charge on any atom is -0.497 e. The van der Waals surface area contributed by atoms with Gasteiger partial charge in [-0.05, 0) is 37.1 Å². The van der Waals surface area contributed by atoms with Crippen molar-refractivity contribution in [3.63, 3.8) is 0 Å². The molecule has 1 unspecified atom stereocenters. The highest BCUT2D eigenvalue weighted by atomic mass is 16.5. The fourth-order valence-electron chi connectivity index (χ4n) is 3.11. The molecule has 1 aliphatic rings. The highest BCUT2D eigenvalue weighted by Gasteiger charge is 2.31. The average Bonchev–Trinajstić information content (AvgIpc) is 3.01. The van der Waals surface area contributed by atoms with Gasteiger partial charge in [0.1, 0.15) is 17.4 Å². The van der Waals surface area contributed by atoms with Crippen molar-refractivity contribution >= 4 is 16.9 Å². The number of rotatable bonds is 4. The van der Waals surface area contributed by atoms with Gasteiger partial charge in [0, 0.05) is 24.1 Å². The monoisotopic (exact) mass is 317 g/mol. The highest BCUT2D eigenvalue weighted by molar-refractivity contribution is 5.81. The Morgan fingerprint density at radius 3 is 2.91 bits per heavy atom. The summed E-state index contributed by atoms with van der Waals surface area (Å²) in [7, 11) is 2.96. The van der Waals surface area contributed by atoms with Crippen molar-refractivity contribution in [2.75, 3.05) is 20.8 Å². The lowest BCUT2D eigenvalue weighted by atomic mass is 10.1. The Bertz CT molecular complexity index is 782. The van der Waals surface area contributed by atoms with Crippen LogP contribution in [0.2, 0.25) is 0 Å². The predicted octanol–water partition coefficient (Wildman–Crippen LogP) is 1.94. The summed E-state index contributed by atoms with van der Waals surface area (Å²) < 4.78 is 15.3. The van der Waals surface area contributed by atoms with Crippen LogP contribution < -0.4 is 10.4 Å². The number of carbonyl (C=O) groups is 1. The molecule has 0 saturated carbocycles. The zero-order valence-corrected chi connectivity index (χ0v) is 13.2. The number of benzene rings is 1. The first-order chi connectivity index (χ1) is 11.1. The van der Waals surface area contributed by atoms with E-state index in [1.807, 2.05) is 17.0 Å². The minimum absolute atomic E-state index is 0.226. The van der Waals surface area contributed by atoms with Crippen LogP contribution in [0.15, 0.2) is 33.5 Å². The van der Waals surface area contributed by atoms with E-state index in [0.29, 0.717) is 17.9 Å². The number of hydrogen-bond acceptors (Lipinski definition) is 6. The number of methoxy groups -OCH3 is 2. The number of ether oxygens (including phenoxy) is 2. The van der Waals surface area contributed by atoms with Crippen molar-refractivity contribution in [3.8, 4) is 5.75 Å². The third kappa shape index (κ3) is 3.07. The van der Waals surface area contributed by atoms with Crippen molar-refractivity contribution in [1.29, 1.82) is 0 Å². The van der Waals surface area contributed by atoms with Gasteiger partial charge in [0.05, 0.1) is 14.2 Å². The molecule has 0 radical (unpaired) electrons. The molecule has 1 fully saturated rings. The summed E-state index contributed by atoms with van der Waals surface area (Å²) in [5.74, 6) is 0.405. The second-order valence-electron chi connectivity index (χ2n) is 5.60. The summed E-state index contributed by atoms with van der Waals surface area (Å²) in [4.78, 5) is 25.7. The summed E-state index contributed by atoms with van der Waals surface area (Å²) in [6.07, 6.45) is 1.72. The van der Waals surface area contributed by atoms with E-state index in [4.69, 9.17) is 13.9 Å². The van der Waals surface area contributed by atoms with Crippen molar-refractivity contribution in [3.05, 3.63) is 40.2 Å². The molecule has 6 nitrogen and oxygen atoms in total. The largest absolute Gasteiger partial charge is 0.497 e. The first-order valence-corrected chi connectivity index (χ1v) is 7.55. The van der Waals surface area contributed by atoms with E-state index >= 15 is 0 Å². The zero-order chi connectivity index (χ0) is 16.4. The van der Waals surface area contributed by atoms with Gasteiger partial charge < -0.3 is 13.9 Å². The van der Waals surface area contributed by atoms with Crippen LogP contribution in [0.4, 0.5) is 0 Å². The second-order valence-corrected chi connectivity index (χ2v) is 5.60. The molecule has 0 spiro atoms. The fraction of sp³-hybridized carbons (Fsp3) is 0.412. The summed E-state index contributed by atoms with van der Waals surface area (Å²) in [6.45, 7) is 1.31. The number of esters is 1. The maximum atomic E-state index is 11.9. The molecule has 1 atom stereocenters. The average molecular weight is 317 g/mol. The van der Waals surface area contributed by atoms with E-state index < -0.39 is 5.63 Å². The van der Waals surface area contributed by atoms with Crippen LogP contribution in [0.1, 0.15) is 18.4 Å². The van der Waals surface area contributed by atoms with Gasteiger partial charge in [0.15, 0.2) is 0 Å². The molecule has 0 amide bonds. The van der Waals surface area contributed by atoms with Gasteiger partial charge in [-0.25, -0.2) is 4.79 Å². The topological polar surface area (TPSA) is 69.0 Å². The Labute approximate surface area is 133 Å². The molecular weight excluding hydrogens is 298 g/mol. The number of hydrogen-bond donors (Lipinski definition) is 0. The predicted molar refractivity (Wildman–Crippen MR) is 84.5 cm³/mol. The first-order valence-electron chi connectivity index (χ1n) is 7.55. The molecule has 6 heteroatoms. The molecular formula is C17H19NO5. The summed E-state index contributed by atoms with van der Waals surface area (Å²) in [5, 5.41) is 0.848. The summed E-state index contributed by atoms with van der Waals surface area (Å²) >= 11 is 0. The van der Waals surface area contributed by atoms with Crippen LogP contribution in [-0.4, -0.2) is 37.7 Å². The smallest absolute Gasteiger partial charge is 0.336 e. The Kier molecular flexibility index (Phi) is 4.34. The molecule has 1 aromatic carbocycles. The molecule has 23 heavy (non-hydrogen) atoms. The highest BCUT2D eigenvalue weighted by Crippen LogP contribution is 2.26. The van der Waals surface area contributed by atoms with Crippen molar-refractivity contribution in [2.24, 2.45) is 0 Å². The van der Waals surface area contributed by atoms with E-state index in [-0.39, 0.29) is 12.0 Å². The van der Waals surface area contributed by atoms with Gasteiger partial charge in [-0.2, -0.15) is 0 Å². The quantitative estimate of drug-likeness (QED) is 0.634. The molecule has 1 aromatic heterocycles. The molecule has 122 valence electrons. The Morgan fingerprint density at radius 1 is 1.35 bits per heavy atom. The van der Waals surface area contributed by atoms with Gasteiger partial charge in [0.25, 0.3) is 0 Å². The van der Waals surface area contributed by atoms with Crippen LogP contribution >= 0.6 is 0 Å². The van der Waals surface area contributed by atoms with E-state index in [9.17, 15) is 9.59 Å². The van der Waals surface area contributed by atoms with Crippen molar-refractivity contribution < 1.29 is 18.7 Å². The maximum absolute atomic E-state index is 11.9. The molecule has 3 rings (SSSR count). The standard InChI is InChI=1S/C17H19NO5/c1-21-12-5-6-13-11(8-16(19)23-15(13)9-12)10-18-7-3-4-14(18)17(20)22-2/h5-6,8-9,14H,3-4,7,10H2,1-2H3. The lowest BCUT2D eigenvalue weighted by Gasteiger charge is -2.22. The number of fused-ring (bicyclic) bond motifs is 1. The number of carbonyl (C=O) groups excluding carboxylic acids is 1. The normalized spacial score (nSPS) is 18.3. The lowest BCUT2D eigenvalue weighted by molar-refractivity contribution is -0.146. The summed E-state index contributed by atoms with van der Waals surface area (Å²) in [6, 6.07) is 6.63. The van der Waals surface area contributed by atoms with E-state index in [1.54, 1.807) is 13.2 Å². The first kappa shape index (κ1) is 15.6. The maximum Gasteiger partial charge on any atom is 0.336 e. The number of likely N-dealkylation sites (tertiary alicyclic amines) is 1. The molecule has 0 bridgehead atoms. The fourth-order valence-corrected chi connectivity index (χ4v) is 3.11. The number of nitrogens with zero attached hydrogens (tertiary/aromatic N) is 1. The van der Waals surface area contributed by atoms with Gasteiger partial charge in [-0.15, -0.1) is 0 Å². The molecule has 1 aliphatic heterocycles. The van der Waals surface area contributed by atoms with Crippen molar-refractivity contribution in [1.82, 2.24) is 4.90 Å². The lowest BCUT2D eigenvalue weighted by Crippen LogP contribution is -2.36. The third-order valence-corrected chi connectivity index (χ3v) is 4.25. The van der Waals surface area contributed by atoms with Crippen LogP contribution in [0.25, 0.3) is 11.0 Å². The Balaban J connectivity index is 1.96. The Morgan fingerprint density at radius 2 is 2.17 bits per heavy atom. The van der Waals surface area contributed by atoms with Crippen LogP contribution in [0, 0.1) is 0 Å².